The van der Waals surface area contributed by atoms with Gasteiger partial charge < -0.3 is 10.4 Å². The number of aliphatic carboxylic acids is 1. The van der Waals surface area contributed by atoms with Gasteiger partial charge in [0.2, 0.25) is 0 Å². The zero-order chi connectivity index (χ0) is 14.8. The second-order valence-corrected chi connectivity index (χ2v) is 5.32. The Morgan fingerprint density at radius 3 is 2.35 bits per heavy atom. The van der Waals surface area contributed by atoms with Gasteiger partial charge in [-0.2, -0.15) is 0 Å². The smallest absolute Gasteiger partial charge is 0.321 e. The molecule has 20 heavy (non-hydrogen) atoms. The molecule has 0 atom stereocenters. The quantitative estimate of drug-likeness (QED) is 0.866. The summed E-state index contributed by atoms with van der Waals surface area (Å²) < 4.78 is 0. The summed E-state index contributed by atoms with van der Waals surface area (Å²) in [5.41, 5.74) is 1.27. The molecule has 2 amide bonds. The minimum absolute atomic E-state index is 0.193. The lowest BCUT2D eigenvalue weighted by Crippen LogP contribution is -2.41. The molecule has 108 valence electrons. The number of urea groups is 1. The Kier molecular flexibility index (Phi) is 3.97. The summed E-state index contributed by atoms with van der Waals surface area (Å²) in [6, 6.07) is 7.48. The zero-order valence-electron chi connectivity index (χ0n) is 11.8. The molecular weight excluding hydrogens is 256 g/mol. The standard InChI is InChI=1S/C15H20N2O3/c1-3-11-4-6-12(7-5-11)17(2)14(20)16-10-15(8-9-15)13(18)19/h4-7H,3,8-10H2,1-2H3,(H,16,20)(H,18,19). The number of benzene rings is 1. The van der Waals surface area contributed by atoms with Gasteiger partial charge in [-0.25, -0.2) is 4.79 Å². The van der Waals surface area contributed by atoms with E-state index in [9.17, 15) is 9.59 Å². The van der Waals surface area contributed by atoms with Crippen molar-refractivity contribution in [2.45, 2.75) is 26.2 Å². The predicted octanol–water partition coefficient (Wildman–Crippen LogP) is 2.26. The maximum atomic E-state index is 12.0. The first-order chi connectivity index (χ1) is 9.48. The van der Waals surface area contributed by atoms with E-state index in [-0.39, 0.29) is 12.6 Å². The number of rotatable bonds is 5. The molecule has 1 aliphatic carbocycles. The van der Waals surface area contributed by atoms with Crippen molar-refractivity contribution in [3.8, 4) is 0 Å². The van der Waals surface area contributed by atoms with Crippen LogP contribution in [0.4, 0.5) is 10.5 Å². The van der Waals surface area contributed by atoms with Crippen LogP contribution < -0.4 is 10.2 Å². The molecule has 5 nitrogen and oxygen atoms in total. The highest BCUT2D eigenvalue weighted by molar-refractivity contribution is 5.92. The third-order valence-corrected chi connectivity index (χ3v) is 3.92. The van der Waals surface area contributed by atoms with Gasteiger partial charge in [0.15, 0.2) is 0 Å². The monoisotopic (exact) mass is 276 g/mol. The van der Waals surface area contributed by atoms with Crippen LogP contribution in [0.2, 0.25) is 0 Å². The SMILES string of the molecule is CCc1ccc(N(C)C(=O)NCC2(C(=O)O)CC2)cc1. The molecular formula is C15H20N2O3. The molecule has 0 saturated heterocycles. The van der Waals surface area contributed by atoms with E-state index in [1.807, 2.05) is 24.3 Å². The average Bonchev–Trinajstić information content (AvgIpc) is 3.25. The number of hydrogen-bond donors (Lipinski definition) is 2. The Hall–Kier alpha value is -2.04. The van der Waals surface area contributed by atoms with Crippen molar-refractivity contribution in [1.29, 1.82) is 0 Å². The van der Waals surface area contributed by atoms with E-state index in [1.165, 1.54) is 10.5 Å². The molecule has 0 heterocycles. The molecule has 0 spiro atoms. The van der Waals surface area contributed by atoms with E-state index in [1.54, 1.807) is 7.05 Å². The molecule has 0 aliphatic heterocycles. The number of carboxylic acids is 1. The summed E-state index contributed by atoms with van der Waals surface area (Å²) in [6.07, 6.45) is 2.23. The van der Waals surface area contributed by atoms with Gasteiger partial charge in [0.25, 0.3) is 0 Å². The van der Waals surface area contributed by atoms with E-state index in [0.29, 0.717) is 12.8 Å². The number of carbonyl (C=O) groups is 2. The fourth-order valence-corrected chi connectivity index (χ4v) is 2.05. The maximum absolute atomic E-state index is 12.0. The van der Waals surface area contributed by atoms with E-state index in [0.717, 1.165) is 12.1 Å². The molecule has 1 aromatic rings. The van der Waals surface area contributed by atoms with Crippen molar-refractivity contribution in [2.75, 3.05) is 18.5 Å². The number of anilines is 1. The van der Waals surface area contributed by atoms with Crippen LogP contribution in [-0.2, 0) is 11.2 Å². The molecule has 0 aromatic heterocycles. The number of nitrogens with zero attached hydrogens (tertiary/aromatic N) is 1. The number of carboxylic acid groups (broad SMARTS) is 1. The van der Waals surface area contributed by atoms with Crippen molar-refractivity contribution in [1.82, 2.24) is 5.32 Å². The zero-order valence-corrected chi connectivity index (χ0v) is 11.8. The van der Waals surface area contributed by atoms with Crippen molar-refractivity contribution in [3.05, 3.63) is 29.8 Å². The van der Waals surface area contributed by atoms with Gasteiger partial charge in [-0.3, -0.25) is 9.69 Å². The van der Waals surface area contributed by atoms with Crippen molar-refractivity contribution >= 4 is 17.7 Å². The third kappa shape index (κ3) is 2.92. The Labute approximate surface area is 118 Å². The topological polar surface area (TPSA) is 69.6 Å². The van der Waals surface area contributed by atoms with Crippen molar-refractivity contribution in [2.24, 2.45) is 5.41 Å². The van der Waals surface area contributed by atoms with Crippen LogP contribution in [0.25, 0.3) is 0 Å². The first kappa shape index (κ1) is 14.4. The van der Waals surface area contributed by atoms with Gasteiger partial charge in [0, 0.05) is 19.3 Å². The molecule has 0 unspecified atom stereocenters. The fraction of sp³-hybridized carbons (Fsp3) is 0.467. The van der Waals surface area contributed by atoms with Crippen molar-refractivity contribution in [3.63, 3.8) is 0 Å². The second kappa shape index (κ2) is 5.53. The van der Waals surface area contributed by atoms with Gasteiger partial charge in [-0.05, 0) is 37.0 Å². The van der Waals surface area contributed by atoms with E-state index >= 15 is 0 Å². The Morgan fingerprint density at radius 2 is 1.90 bits per heavy atom. The lowest BCUT2D eigenvalue weighted by molar-refractivity contribution is -0.143. The Bertz CT molecular complexity index is 506. The van der Waals surface area contributed by atoms with Crippen LogP contribution in [-0.4, -0.2) is 30.7 Å². The van der Waals surface area contributed by atoms with Gasteiger partial charge in [-0.15, -0.1) is 0 Å². The fourth-order valence-electron chi connectivity index (χ4n) is 2.05. The highest BCUT2D eigenvalue weighted by Gasteiger charge is 2.50. The normalized spacial score (nSPS) is 15.5. The summed E-state index contributed by atoms with van der Waals surface area (Å²) in [6.45, 7) is 2.27. The summed E-state index contributed by atoms with van der Waals surface area (Å²) in [5.74, 6) is -0.826. The molecule has 1 saturated carbocycles. The summed E-state index contributed by atoms with van der Waals surface area (Å²) >= 11 is 0. The van der Waals surface area contributed by atoms with Gasteiger partial charge in [0.05, 0.1) is 5.41 Å². The third-order valence-electron chi connectivity index (χ3n) is 3.92. The number of hydrogen-bond acceptors (Lipinski definition) is 2. The van der Waals surface area contributed by atoms with Crippen LogP contribution in [0, 0.1) is 5.41 Å². The molecule has 2 rings (SSSR count). The minimum atomic E-state index is -0.826. The summed E-state index contributed by atoms with van der Waals surface area (Å²) in [7, 11) is 1.68. The minimum Gasteiger partial charge on any atom is -0.481 e. The average molecular weight is 276 g/mol. The van der Waals surface area contributed by atoms with Crippen LogP contribution >= 0.6 is 0 Å². The molecule has 0 radical (unpaired) electrons. The van der Waals surface area contributed by atoms with Crippen LogP contribution in [0.5, 0.6) is 0 Å². The van der Waals surface area contributed by atoms with E-state index in [2.05, 4.69) is 12.2 Å². The molecule has 2 N–H and O–H groups in total. The number of nitrogens with one attached hydrogen (secondary N) is 1. The van der Waals surface area contributed by atoms with Crippen LogP contribution in [0.3, 0.4) is 0 Å². The maximum Gasteiger partial charge on any atom is 0.321 e. The lowest BCUT2D eigenvalue weighted by atomic mass is 10.1. The molecule has 0 bridgehead atoms. The van der Waals surface area contributed by atoms with Gasteiger partial charge in [-0.1, -0.05) is 19.1 Å². The molecule has 1 fully saturated rings. The first-order valence-electron chi connectivity index (χ1n) is 6.82. The molecule has 1 aliphatic rings. The first-order valence-corrected chi connectivity index (χ1v) is 6.82. The Morgan fingerprint density at radius 1 is 1.30 bits per heavy atom. The van der Waals surface area contributed by atoms with E-state index < -0.39 is 11.4 Å². The predicted molar refractivity (Wildman–Crippen MR) is 76.9 cm³/mol. The molecule has 5 heteroatoms. The number of carbonyl (C=O) groups excluding carboxylic acids is 1. The molecule has 1 aromatic carbocycles. The van der Waals surface area contributed by atoms with E-state index in [4.69, 9.17) is 5.11 Å². The second-order valence-electron chi connectivity index (χ2n) is 5.32. The highest BCUT2D eigenvalue weighted by atomic mass is 16.4. The highest BCUT2D eigenvalue weighted by Crippen LogP contribution is 2.45. The van der Waals surface area contributed by atoms with Crippen LogP contribution in [0.15, 0.2) is 24.3 Å². The van der Waals surface area contributed by atoms with Gasteiger partial charge >= 0.3 is 12.0 Å². The number of amides is 2. The van der Waals surface area contributed by atoms with Gasteiger partial charge in [0.1, 0.15) is 0 Å². The largest absolute Gasteiger partial charge is 0.481 e. The number of aryl methyl sites for hydroxylation is 1. The summed E-state index contributed by atoms with van der Waals surface area (Å²) in [5, 5.41) is 11.8. The lowest BCUT2D eigenvalue weighted by Gasteiger charge is -2.20. The van der Waals surface area contributed by atoms with Crippen molar-refractivity contribution < 1.29 is 14.7 Å². The Balaban J connectivity index is 1.93. The summed E-state index contributed by atoms with van der Waals surface area (Å²) in [4.78, 5) is 24.6. The van der Waals surface area contributed by atoms with Crippen LogP contribution in [0.1, 0.15) is 25.3 Å².